The van der Waals surface area contributed by atoms with Crippen molar-refractivity contribution in [3.8, 4) is 5.75 Å². The van der Waals surface area contributed by atoms with Crippen LogP contribution in [0.1, 0.15) is 5.56 Å². The molecule has 0 unspecified atom stereocenters. The molecule has 0 heterocycles. The molecule has 0 bridgehead atoms. The summed E-state index contributed by atoms with van der Waals surface area (Å²) in [6.45, 7) is -0.200. The molecule has 1 amide bonds. The predicted molar refractivity (Wildman–Crippen MR) is 96.1 cm³/mol. The van der Waals surface area contributed by atoms with Crippen LogP contribution in [0.5, 0.6) is 5.75 Å². The molecule has 9 heteroatoms. The molecule has 1 N–H and O–H groups in total. The highest BCUT2D eigenvalue weighted by molar-refractivity contribution is 7.89. The van der Waals surface area contributed by atoms with Crippen LogP contribution in [0.2, 0.25) is 5.02 Å². The van der Waals surface area contributed by atoms with Crippen LogP contribution in [0.3, 0.4) is 0 Å². The summed E-state index contributed by atoms with van der Waals surface area (Å²) < 4.78 is 43.8. The number of benzene rings is 2. The molecule has 0 atom stereocenters. The van der Waals surface area contributed by atoms with Crippen molar-refractivity contribution in [1.29, 1.82) is 0 Å². The van der Waals surface area contributed by atoms with E-state index in [2.05, 4.69) is 5.32 Å². The van der Waals surface area contributed by atoms with Crippen LogP contribution in [0.25, 0.3) is 0 Å². The first-order valence-electron chi connectivity index (χ1n) is 7.55. The molecule has 0 spiro atoms. The second-order valence-corrected chi connectivity index (χ2v) is 7.91. The third-order valence-corrected chi connectivity index (χ3v) is 5.70. The van der Waals surface area contributed by atoms with Crippen LogP contribution >= 0.6 is 11.6 Å². The van der Waals surface area contributed by atoms with E-state index in [0.717, 1.165) is 4.31 Å². The van der Waals surface area contributed by atoms with Crippen molar-refractivity contribution in [2.75, 3.05) is 20.7 Å². The number of amides is 1. The quantitative estimate of drug-likeness (QED) is 0.774. The highest BCUT2D eigenvalue weighted by atomic mass is 35.5. The van der Waals surface area contributed by atoms with Crippen LogP contribution in [0.15, 0.2) is 47.4 Å². The van der Waals surface area contributed by atoms with E-state index in [-0.39, 0.29) is 28.8 Å². The number of halogens is 2. The second-order valence-electron chi connectivity index (χ2n) is 5.46. The molecule has 140 valence electrons. The Hall–Kier alpha value is -2.16. The van der Waals surface area contributed by atoms with Crippen LogP contribution in [-0.4, -0.2) is 39.3 Å². The number of likely N-dealkylation sites (N-methyl/N-ethyl adjacent to an activating group) is 1. The van der Waals surface area contributed by atoms with Gasteiger partial charge in [0, 0.05) is 13.6 Å². The fraction of sp³-hybridized carbons (Fsp3) is 0.235. The number of sulfonamides is 1. The van der Waals surface area contributed by atoms with Crippen molar-refractivity contribution in [3.63, 3.8) is 0 Å². The van der Waals surface area contributed by atoms with E-state index in [4.69, 9.17) is 16.3 Å². The second kappa shape index (κ2) is 8.48. The summed E-state index contributed by atoms with van der Waals surface area (Å²) in [5.74, 6) is -0.505. The van der Waals surface area contributed by atoms with Gasteiger partial charge in [-0.1, -0.05) is 23.7 Å². The van der Waals surface area contributed by atoms with E-state index in [1.165, 1.54) is 56.6 Å². The highest BCUT2D eigenvalue weighted by Crippen LogP contribution is 2.27. The molecule has 0 aliphatic carbocycles. The maximum Gasteiger partial charge on any atom is 0.243 e. The Kier molecular flexibility index (Phi) is 6.57. The van der Waals surface area contributed by atoms with Crippen molar-refractivity contribution >= 4 is 27.5 Å². The van der Waals surface area contributed by atoms with Crippen molar-refractivity contribution in [3.05, 3.63) is 58.9 Å². The Morgan fingerprint density at radius 2 is 1.88 bits per heavy atom. The van der Waals surface area contributed by atoms with Gasteiger partial charge in [-0.2, -0.15) is 4.31 Å². The van der Waals surface area contributed by atoms with Crippen LogP contribution in [0.4, 0.5) is 4.39 Å². The van der Waals surface area contributed by atoms with Gasteiger partial charge in [0.25, 0.3) is 0 Å². The van der Waals surface area contributed by atoms with Crippen molar-refractivity contribution in [2.45, 2.75) is 11.4 Å². The summed E-state index contributed by atoms with van der Waals surface area (Å²) in [4.78, 5) is 12.0. The summed E-state index contributed by atoms with van der Waals surface area (Å²) in [6, 6.07) is 9.70. The number of carbonyl (C=O) groups is 1. The summed E-state index contributed by atoms with van der Waals surface area (Å²) in [6.07, 6.45) is 0. The maximum atomic E-state index is 12.8. The van der Waals surface area contributed by atoms with Crippen molar-refractivity contribution in [1.82, 2.24) is 9.62 Å². The van der Waals surface area contributed by atoms with Gasteiger partial charge in [-0.25, -0.2) is 12.8 Å². The monoisotopic (exact) mass is 400 g/mol. The molecular formula is C17H18ClFN2O4S. The molecule has 0 aromatic heterocycles. The van der Waals surface area contributed by atoms with E-state index < -0.39 is 15.9 Å². The number of methoxy groups -OCH3 is 1. The molecule has 0 aliphatic heterocycles. The van der Waals surface area contributed by atoms with E-state index in [1.807, 2.05) is 0 Å². The van der Waals surface area contributed by atoms with Crippen LogP contribution < -0.4 is 10.1 Å². The fourth-order valence-corrected chi connectivity index (χ4v) is 3.61. The van der Waals surface area contributed by atoms with Gasteiger partial charge in [0.15, 0.2) is 0 Å². The van der Waals surface area contributed by atoms with Gasteiger partial charge in [-0.3, -0.25) is 4.79 Å². The largest absolute Gasteiger partial charge is 0.495 e. The Morgan fingerprint density at radius 3 is 2.46 bits per heavy atom. The highest BCUT2D eigenvalue weighted by Gasteiger charge is 2.23. The summed E-state index contributed by atoms with van der Waals surface area (Å²) >= 11 is 5.96. The first-order chi connectivity index (χ1) is 12.2. The van der Waals surface area contributed by atoms with Gasteiger partial charge in [-0.15, -0.1) is 0 Å². The molecule has 0 saturated carbocycles. The molecule has 0 radical (unpaired) electrons. The molecule has 2 rings (SSSR count). The minimum atomic E-state index is -3.89. The first kappa shape index (κ1) is 20.2. The molecule has 2 aromatic carbocycles. The van der Waals surface area contributed by atoms with E-state index in [9.17, 15) is 17.6 Å². The number of ether oxygens (including phenoxy) is 1. The average molecular weight is 401 g/mol. The van der Waals surface area contributed by atoms with Crippen molar-refractivity contribution in [2.24, 2.45) is 0 Å². The number of hydrogen-bond acceptors (Lipinski definition) is 4. The SMILES string of the molecule is COc1ccc(S(=O)(=O)N(C)CC(=O)NCc2ccc(F)cc2)cc1Cl. The summed E-state index contributed by atoms with van der Waals surface area (Å²) in [5.41, 5.74) is 0.701. The summed E-state index contributed by atoms with van der Waals surface area (Å²) in [7, 11) is -1.17. The topological polar surface area (TPSA) is 75.7 Å². The van der Waals surface area contributed by atoms with Gasteiger partial charge in [0.2, 0.25) is 15.9 Å². The minimum Gasteiger partial charge on any atom is -0.495 e. The zero-order valence-electron chi connectivity index (χ0n) is 14.2. The zero-order chi connectivity index (χ0) is 19.3. The first-order valence-corrected chi connectivity index (χ1v) is 9.37. The Labute approximate surface area is 156 Å². The van der Waals surface area contributed by atoms with Crippen LogP contribution in [-0.2, 0) is 21.4 Å². The molecule has 2 aromatic rings. The number of carbonyl (C=O) groups excluding carboxylic acids is 1. The number of hydrogen-bond donors (Lipinski definition) is 1. The third-order valence-electron chi connectivity index (χ3n) is 3.60. The molecule has 0 fully saturated rings. The van der Waals surface area contributed by atoms with Crippen molar-refractivity contribution < 1.29 is 22.3 Å². The van der Waals surface area contributed by atoms with Crippen LogP contribution in [0, 0.1) is 5.82 Å². The molecule has 0 aliphatic rings. The lowest BCUT2D eigenvalue weighted by atomic mass is 10.2. The van der Waals surface area contributed by atoms with E-state index in [1.54, 1.807) is 0 Å². The molecular weight excluding hydrogens is 383 g/mol. The lowest BCUT2D eigenvalue weighted by Crippen LogP contribution is -2.38. The summed E-state index contributed by atoms with van der Waals surface area (Å²) in [5, 5.41) is 2.74. The minimum absolute atomic E-state index is 0.0443. The zero-order valence-corrected chi connectivity index (χ0v) is 15.8. The lowest BCUT2D eigenvalue weighted by molar-refractivity contribution is -0.121. The van der Waals surface area contributed by atoms with Gasteiger partial charge < -0.3 is 10.1 Å². The van der Waals surface area contributed by atoms with E-state index >= 15 is 0 Å². The Morgan fingerprint density at radius 1 is 1.23 bits per heavy atom. The van der Waals surface area contributed by atoms with E-state index in [0.29, 0.717) is 11.3 Å². The Bertz CT molecular complexity index is 888. The average Bonchev–Trinajstić information content (AvgIpc) is 2.61. The van der Waals surface area contributed by atoms with Gasteiger partial charge in [0.1, 0.15) is 11.6 Å². The molecule has 6 nitrogen and oxygen atoms in total. The smallest absolute Gasteiger partial charge is 0.243 e. The van der Waals surface area contributed by atoms with Gasteiger partial charge in [0.05, 0.1) is 23.6 Å². The number of nitrogens with one attached hydrogen (secondary N) is 1. The standard InChI is InChI=1S/C17H18ClFN2O4S/c1-21(11-17(22)20-10-12-3-5-13(19)6-4-12)26(23,24)14-7-8-16(25-2)15(18)9-14/h3-9H,10-11H2,1-2H3,(H,20,22). The Balaban J connectivity index is 2.00. The predicted octanol–water partition coefficient (Wildman–Crippen LogP) is 2.42. The fourth-order valence-electron chi connectivity index (χ4n) is 2.13. The maximum absolute atomic E-state index is 12.8. The number of nitrogens with zero attached hydrogens (tertiary/aromatic N) is 1. The van der Waals surface area contributed by atoms with Gasteiger partial charge >= 0.3 is 0 Å². The molecule has 0 saturated heterocycles. The normalized spacial score (nSPS) is 11.4. The lowest BCUT2D eigenvalue weighted by Gasteiger charge is -2.17. The van der Waals surface area contributed by atoms with Gasteiger partial charge in [-0.05, 0) is 35.9 Å². The number of rotatable bonds is 7. The molecule has 26 heavy (non-hydrogen) atoms. The third kappa shape index (κ3) is 4.94.